The highest BCUT2D eigenvalue weighted by atomic mass is 16.4. The predicted octanol–water partition coefficient (Wildman–Crippen LogP) is 4.61. The van der Waals surface area contributed by atoms with Gasteiger partial charge in [0.25, 0.3) is 0 Å². The van der Waals surface area contributed by atoms with Crippen LogP contribution in [0.5, 0.6) is 0 Å². The van der Waals surface area contributed by atoms with E-state index in [1.807, 2.05) is 26.8 Å². The van der Waals surface area contributed by atoms with E-state index in [0.29, 0.717) is 23.2 Å². The molecule has 1 amide bonds. The van der Waals surface area contributed by atoms with E-state index in [1.54, 1.807) is 13.2 Å². The minimum atomic E-state index is -1.10. The average Bonchev–Trinajstić information content (AvgIpc) is 3.10. The average molecular weight is 442 g/mol. The second kappa shape index (κ2) is 8.45. The van der Waals surface area contributed by atoms with Gasteiger partial charge in [0.1, 0.15) is 17.2 Å². The van der Waals surface area contributed by atoms with Gasteiger partial charge in [-0.25, -0.2) is 9.59 Å². The van der Waals surface area contributed by atoms with Crippen LogP contribution in [0.15, 0.2) is 26.0 Å². The van der Waals surface area contributed by atoms with Gasteiger partial charge in [-0.2, -0.15) is 0 Å². The molecule has 32 heavy (non-hydrogen) atoms. The topological polar surface area (TPSA) is 110 Å². The lowest BCUT2D eigenvalue weighted by Crippen LogP contribution is -2.42. The molecular weight excluding hydrogens is 410 g/mol. The molecule has 2 aromatic heterocycles. The summed E-state index contributed by atoms with van der Waals surface area (Å²) in [6.45, 7) is 13.7. The first-order valence-electron chi connectivity index (χ1n) is 10.8. The van der Waals surface area contributed by atoms with Gasteiger partial charge in [-0.15, -0.1) is 0 Å². The minimum absolute atomic E-state index is 0.0984. The van der Waals surface area contributed by atoms with Gasteiger partial charge in [-0.05, 0) is 43.2 Å². The minimum Gasteiger partial charge on any atom is -0.480 e. The molecule has 0 aliphatic heterocycles. The van der Waals surface area contributed by atoms with Crippen LogP contribution < -0.4 is 10.9 Å². The number of fused-ring (bicyclic) bond motifs is 2. The predicted molar refractivity (Wildman–Crippen MR) is 123 cm³/mol. The Bertz CT molecular complexity index is 1260. The summed E-state index contributed by atoms with van der Waals surface area (Å²) in [7, 11) is 0. The van der Waals surface area contributed by atoms with Crippen molar-refractivity contribution in [3.63, 3.8) is 0 Å². The molecule has 7 heteroatoms. The molecule has 0 spiro atoms. The molecule has 172 valence electrons. The van der Waals surface area contributed by atoms with Crippen molar-refractivity contribution in [2.24, 2.45) is 5.92 Å². The van der Waals surface area contributed by atoms with E-state index in [9.17, 15) is 19.5 Å². The maximum absolute atomic E-state index is 12.7. The van der Waals surface area contributed by atoms with Gasteiger partial charge in [0.05, 0.1) is 18.2 Å². The molecule has 0 fully saturated rings. The Kier molecular flexibility index (Phi) is 6.22. The lowest BCUT2D eigenvalue weighted by atomic mass is 9.86. The lowest BCUT2D eigenvalue weighted by molar-refractivity contribution is -0.142. The summed E-state index contributed by atoms with van der Waals surface area (Å²) >= 11 is 0. The standard InChI is InChI=1S/C25H31NO6/c1-12(2)8-19(23(28)29)26-20(27)10-16-13(3)15-9-17-18(25(5,6)7)11-31-21(17)14(4)22(15)32-24(16)30/h9,11-12,19H,8,10H2,1-7H3,(H,26,27)(H,28,29). The Balaban J connectivity index is 2.07. The Morgan fingerprint density at radius 2 is 1.75 bits per heavy atom. The number of aryl methyl sites for hydroxylation is 2. The first-order valence-corrected chi connectivity index (χ1v) is 10.8. The van der Waals surface area contributed by atoms with Crippen molar-refractivity contribution in [3.05, 3.63) is 45.0 Å². The van der Waals surface area contributed by atoms with Crippen molar-refractivity contribution in [2.45, 2.75) is 72.8 Å². The van der Waals surface area contributed by atoms with Gasteiger partial charge in [0, 0.05) is 21.9 Å². The summed E-state index contributed by atoms with van der Waals surface area (Å²) in [5, 5.41) is 13.6. The SMILES string of the molecule is Cc1c(CC(=O)NC(CC(C)C)C(=O)O)c(=O)oc2c(C)c3occ(C(C)(C)C)c3cc12. The maximum atomic E-state index is 12.7. The number of furan rings is 1. The second-order valence-electron chi connectivity index (χ2n) is 9.91. The van der Waals surface area contributed by atoms with Crippen molar-refractivity contribution in [1.29, 1.82) is 0 Å². The summed E-state index contributed by atoms with van der Waals surface area (Å²) < 4.78 is 11.4. The smallest absolute Gasteiger partial charge is 0.340 e. The number of amides is 1. The molecule has 0 saturated heterocycles. The Morgan fingerprint density at radius 1 is 1.09 bits per heavy atom. The number of carbonyl (C=O) groups is 2. The van der Waals surface area contributed by atoms with Crippen LogP contribution in [0.1, 0.15) is 63.3 Å². The summed E-state index contributed by atoms with van der Waals surface area (Å²) in [5.74, 6) is -1.52. The van der Waals surface area contributed by atoms with E-state index in [2.05, 4.69) is 26.1 Å². The van der Waals surface area contributed by atoms with E-state index in [-0.39, 0.29) is 23.3 Å². The fourth-order valence-electron chi connectivity index (χ4n) is 4.08. The highest BCUT2D eigenvalue weighted by molar-refractivity contribution is 6.00. The quantitative estimate of drug-likeness (QED) is 0.541. The molecule has 3 rings (SSSR count). The van der Waals surface area contributed by atoms with E-state index in [1.165, 1.54) is 0 Å². The summed E-state index contributed by atoms with van der Waals surface area (Å²) in [6.07, 6.45) is 1.79. The lowest BCUT2D eigenvalue weighted by Gasteiger charge is -2.18. The van der Waals surface area contributed by atoms with Crippen LogP contribution in [-0.4, -0.2) is 23.0 Å². The van der Waals surface area contributed by atoms with Crippen LogP contribution in [0.3, 0.4) is 0 Å². The third-order valence-corrected chi connectivity index (χ3v) is 5.83. The number of hydrogen-bond donors (Lipinski definition) is 2. The highest BCUT2D eigenvalue weighted by Crippen LogP contribution is 2.37. The van der Waals surface area contributed by atoms with Gasteiger partial charge >= 0.3 is 11.6 Å². The molecule has 2 heterocycles. The molecule has 0 saturated carbocycles. The molecule has 1 atom stereocenters. The monoisotopic (exact) mass is 441 g/mol. The molecule has 0 radical (unpaired) electrons. The summed E-state index contributed by atoms with van der Waals surface area (Å²) in [5.41, 5.74) is 3.00. The Hall–Kier alpha value is -3.09. The van der Waals surface area contributed by atoms with Gasteiger partial charge in [-0.1, -0.05) is 34.6 Å². The zero-order chi connectivity index (χ0) is 24.0. The van der Waals surface area contributed by atoms with E-state index in [0.717, 1.165) is 21.9 Å². The molecule has 1 unspecified atom stereocenters. The zero-order valence-corrected chi connectivity index (χ0v) is 19.7. The van der Waals surface area contributed by atoms with Crippen LogP contribution >= 0.6 is 0 Å². The van der Waals surface area contributed by atoms with E-state index >= 15 is 0 Å². The van der Waals surface area contributed by atoms with Crippen molar-refractivity contribution >= 4 is 33.8 Å². The van der Waals surface area contributed by atoms with Crippen molar-refractivity contribution < 1.29 is 23.5 Å². The van der Waals surface area contributed by atoms with Crippen LogP contribution in [0.4, 0.5) is 0 Å². The van der Waals surface area contributed by atoms with Gasteiger partial charge in [0.2, 0.25) is 5.91 Å². The first-order chi connectivity index (χ1) is 14.8. The molecule has 0 bridgehead atoms. The van der Waals surface area contributed by atoms with Crippen LogP contribution in [-0.2, 0) is 21.4 Å². The van der Waals surface area contributed by atoms with Crippen LogP contribution in [0, 0.1) is 19.8 Å². The third kappa shape index (κ3) is 4.42. The molecule has 0 aliphatic rings. The molecule has 2 N–H and O–H groups in total. The summed E-state index contributed by atoms with van der Waals surface area (Å²) in [6, 6.07) is 0.942. The van der Waals surface area contributed by atoms with Crippen molar-refractivity contribution in [1.82, 2.24) is 5.32 Å². The normalized spacial score (nSPS) is 13.1. The van der Waals surface area contributed by atoms with Crippen molar-refractivity contribution in [2.75, 3.05) is 0 Å². The Morgan fingerprint density at radius 3 is 2.31 bits per heavy atom. The number of carboxylic acid groups (broad SMARTS) is 1. The largest absolute Gasteiger partial charge is 0.480 e. The third-order valence-electron chi connectivity index (χ3n) is 5.83. The molecule has 3 aromatic rings. The van der Waals surface area contributed by atoms with Gasteiger partial charge < -0.3 is 19.3 Å². The van der Waals surface area contributed by atoms with Gasteiger partial charge in [-0.3, -0.25) is 4.79 Å². The zero-order valence-electron chi connectivity index (χ0n) is 19.7. The number of nitrogens with one attached hydrogen (secondary N) is 1. The number of benzene rings is 1. The molecule has 0 aliphatic carbocycles. The fraction of sp³-hybridized carbons (Fsp3) is 0.480. The fourth-order valence-corrected chi connectivity index (χ4v) is 4.08. The van der Waals surface area contributed by atoms with Crippen LogP contribution in [0.25, 0.3) is 21.9 Å². The number of carboxylic acids is 1. The maximum Gasteiger partial charge on any atom is 0.340 e. The molecule has 1 aromatic carbocycles. The Labute approximate surface area is 186 Å². The van der Waals surface area contributed by atoms with Crippen molar-refractivity contribution in [3.8, 4) is 0 Å². The summed E-state index contributed by atoms with van der Waals surface area (Å²) in [4.78, 5) is 36.8. The van der Waals surface area contributed by atoms with Crippen LogP contribution in [0.2, 0.25) is 0 Å². The van der Waals surface area contributed by atoms with E-state index in [4.69, 9.17) is 8.83 Å². The van der Waals surface area contributed by atoms with Gasteiger partial charge in [0.15, 0.2) is 0 Å². The number of carbonyl (C=O) groups excluding carboxylic acids is 1. The molecule has 7 nitrogen and oxygen atoms in total. The number of aliphatic carboxylic acids is 1. The number of hydrogen-bond acceptors (Lipinski definition) is 5. The number of rotatable bonds is 6. The highest BCUT2D eigenvalue weighted by Gasteiger charge is 2.25. The second-order valence-corrected chi connectivity index (χ2v) is 9.91. The van der Waals surface area contributed by atoms with E-state index < -0.39 is 23.5 Å². The molecular formula is C25H31NO6. The first kappa shape index (κ1) is 23.6.